The van der Waals surface area contributed by atoms with Crippen LogP contribution in [0.25, 0.3) is 6.08 Å². The molecule has 0 radical (unpaired) electrons. The van der Waals surface area contributed by atoms with E-state index in [1.54, 1.807) is 6.20 Å². The molecule has 0 heterocycles. The summed E-state index contributed by atoms with van der Waals surface area (Å²) in [6.07, 6.45) is 4.77. The quantitative estimate of drug-likeness (QED) is 0.513. The van der Waals surface area contributed by atoms with Crippen LogP contribution in [0.5, 0.6) is 0 Å². The highest BCUT2D eigenvalue weighted by molar-refractivity contribution is 5.75. The minimum atomic E-state index is -0.255. The molecule has 0 aliphatic carbocycles. The molecule has 1 aromatic rings. The van der Waals surface area contributed by atoms with Gasteiger partial charge in [0, 0.05) is 19.3 Å². The lowest BCUT2D eigenvalue weighted by molar-refractivity contribution is -0.109. The molecule has 0 aliphatic heterocycles. The van der Waals surface area contributed by atoms with Gasteiger partial charge in [-0.1, -0.05) is 29.8 Å². The van der Waals surface area contributed by atoms with Crippen molar-refractivity contribution in [1.29, 1.82) is 0 Å². The van der Waals surface area contributed by atoms with E-state index in [9.17, 15) is 9.59 Å². The maximum absolute atomic E-state index is 11.4. The van der Waals surface area contributed by atoms with Crippen molar-refractivity contribution < 1.29 is 9.59 Å². The van der Waals surface area contributed by atoms with Gasteiger partial charge in [0.05, 0.1) is 0 Å². The molecule has 0 saturated heterocycles. The second kappa shape index (κ2) is 8.74. The minimum absolute atomic E-state index is 0.255. The molecule has 5 heteroatoms. The van der Waals surface area contributed by atoms with Gasteiger partial charge in [-0.05, 0) is 25.0 Å². The number of urea groups is 1. The maximum atomic E-state index is 11.4. The monoisotopic (exact) mass is 261 g/mol. The fourth-order valence-corrected chi connectivity index (χ4v) is 1.39. The van der Waals surface area contributed by atoms with Gasteiger partial charge < -0.3 is 16.0 Å². The largest absolute Gasteiger partial charge is 0.359 e. The molecule has 0 aliphatic rings. The van der Waals surface area contributed by atoms with Gasteiger partial charge in [-0.15, -0.1) is 0 Å². The van der Waals surface area contributed by atoms with Crippen LogP contribution in [0.2, 0.25) is 0 Å². The van der Waals surface area contributed by atoms with E-state index in [4.69, 9.17) is 0 Å². The summed E-state index contributed by atoms with van der Waals surface area (Å²) in [7, 11) is 0. The van der Waals surface area contributed by atoms with Gasteiger partial charge in [-0.25, -0.2) is 4.79 Å². The molecule has 1 rings (SSSR count). The second-order valence-corrected chi connectivity index (χ2v) is 4.07. The molecule has 0 spiro atoms. The Bertz CT molecular complexity index is 427. The topological polar surface area (TPSA) is 70.2 Å². The lowest BCUT2D eigenvalue weighted by Crippen LogP contribution is -2.33. The van der Waals surface area contributed by atoms with Crippen LogP contribution in [0.4, 0.5) is 4.79 Å². The van der Waals surface area contributed by atoms with Crippen LogP contribution in [-0.4, -0.2) is 25.5 Å². The highest BCUT2D eigenvalue weighted by atomic mass is 16.2. The van der Waals surface area contributed by atoms with Crippen LogP contribution < -0.4 is 16.0 Å². The van der Waals surface area contributed by atoms with Crippen LogP contribution in [0, 0.1) is 6.92 Å². The minimum Gasteiger partial charge on any atom is -0.359 e. The number of benzene rings is 1. The summed E-state index contributed by atoms with van der Waals surface area (Å²) in [6.45, 7) is 3.10. The van der Waals surface area contributed by atoms with Gasteiger partial charge in [0.1, 0.15) is 0 Å². The fraction of sp³-hybridized carbons (Fsp3) is 0.286. The molecule has 0 fully saturated rings. The first kappa shape index (κ1) is 14.8. The van der Waals surface area contributed by atoms with E-state index in [0.717, 1.165) is 5.56 Å². The highest BCUT2D eigenvalue weighted by Crippen LogP contribution is 2.03. The van der Waals surface area contributed by atoms with Gasteiger partial charge in [0.15, 0.2) is 0 Å². The predicted molar refractivity (Wildman–Crippen MR) is 75.4 cm³/mol. The molecule has 3 amide bonds. The Labute approximate surface area is 113 Å². The highest BCUT2D eigenvalue weighted by Gasteiger charge is 1.95. The van der Waals surface area contributed by atoms with E-state index >= 15 is 0 Å². The van der Waals surface area contributed by atoms with Crippen molar-refractivity contribution in [3.63, 3.8) is 0 Å². The number of carbonyl (C=O) groups is 2. The van der Waals surface area contributed by atoms with Gasteiger partial charge in [-0.3, -0.25) is 4.79 Å². The number of carbonyl (C=O) groups excluding carboxylic acids is 2. The Morgan fingerprint density at radius 3 is 2.63 bits per heavy atom. The Kier molecular flexibility index (Phi) is 6.79. The van der Waals surface area contributed by atoms with E-state index in [0.29, 0.717) is 25.9 Å². The number of aryl methyl sites for hydroxylation is 1. The Hall–Kier alpha value is -2.30. The zero-order chi connectivity index (χ0) is 13.9. The first-order valence-electron chi connectivity index (χ1n) is 6.17. The third kappa shape index (κ3) is 6.88. The van der Waals surface area contributed by atoms with Gasteiger partial charge in [0.25, 0.3) is 0 Å². The van der Waals surface area contributed by atoms with Gasteiger partial charge in [-0.2, -0.15) is 0 Å². The summed E-state index contributed by atoms with van der Waals surface area (Å²) in [5.41, 5.74) is 2.23. The zero-order valence-electron chi connectivity index (χ0n) is 11.0. The molecule has 0 saturated carbocycles. The van der Waals surface area contributed by atoms with Crippen molar-refractivity contribution in [3.05, 3.63) is 41.6 Å². The van der Waals surface area contributed by atoms with E-state index in [1.165, 1.54) is 5.56 Å². The van der Waals surface area contributed by atoms with E-state index in [1.807, 2.05) is 37.3 Å². The molecule has 1 aromatic carbocycles. The fourth-order valence-electron chi connectivity index (χ4n) is 1.39. The second-order valence-electron chi connectivity index (χ2n) is 4.07. The Morgan fingerprint density at radius 2 is 1.95 bits per heavy atom. The van der Waals surface area contributed by atoms with Crippen LogP contribution >= 0.6 is 0 Å². The van der Waals surface area contributed by atoms with Crippen molar-refractivity contribution >= 4 is 18.5 Å². The Balaban J connectivity index is 2.18. The average Bonchev–Trinajstić information content (AvgIpc) is 2.41. The first-order chi connectivity index (χ1) is 9.22. The standard InChI is InChI=1S/C14H19N3O2/c1-12-3-5-13(6-4-12)7-10-17-14(19)16-9-2-8-15-11-18/h3-7,10-11H,2,8-9H2,1H3,(H,15,18)(H2,16,17,19)/b10-7+. The Morgan fingerprint density at radius 1 is 1.21 bits per heavy atom. The molecule has 19 heavy (non-hydrogen) atoms. The maximum Gasteiger partial charge on any atom is 0.318 e. The van der Waals surface area contributed by atoms with Crippen LogP contribution in [0.15, 0.2) is 30.5 Å². The van der Waals surface area contributed by atoms with Crippen LogP contribution in [0.3, 0.4) is 0 Å². The molecule has 102 valence electrons. The number of hydrogen-bond donors (Lipinski definition) is 3. The van der Waals surface area contributed by atoms with E-state index < -0.39 is 0 Å². The van der Waals surface area contributed by atoms with Crippen molar-refractivity contribution in [2.75, 3.05) is 13.1 Å². The normalized spacial score (nSPS) is 10.2. The average molecular weight is 261 g/mol. The lowest BCUT2D eigenvalue weighted by atomic mass is 10.1. The number of amides is 3. The van der Waals surface area contributed by atoms with Gasteiger partial charge >= 0.3 is 6.03 Å². The number of hydrogen-bond acceptors (Lipinski definition) is 2. The predicted octanol–water partition coefficient (Wildman–Crippen LogP) is 1.40. The number of nitrogens with one attached hydrogen (secondary N) is 3. The summed E-state index contributed by atoms with van der Waals surface area (Å²) in [5, 5.41) is 7.82. The van der Waals surface area contributed by atoms with Gasteiger partial charge in [0.2, 0.25) is 6.41 Å². The SMILES string of the molecule is Cc1ccc(/C=C/NC(=O)NCCCNC=O)cc1. The third-order valence-electron chi connectivity index (χ3n) is 2.43. The molecule has 3 N–H and O–H groups in total. The molecule has 0 bridgehead atoms. The molecule has 0 aromatic heterocycles. The summed E-state index contributed by atoms with van der Waals surface area (Å²) < 4.78 is 0. The van der Waals surface area contributed by atoms with E-state index in [-0.39, 0.29) is 6.03 Å². The first-order valence-corrected chi connectivity index (χ1v) is 6.17. The smallest absolute Gasteiger partial charge is 0.318 e. The molecule has 0 unspecified atom stereocenters. The zero-order valence-corrected chi connectivity index (χ0v) is 11.0. The van der Waals surface area contributed by atoms with Crippen molar-refractivity contribution in [1.82, 2.24) is 16.0 Å². The number of rotatable bonds is 7. The lowest BCUT2D eigenvalue weighted by Gasteiger charge is -2.03. The van der Waals surface area contributed by atoms with Crippen molar-refractivity contribution in [2.45, 2.75) is 13.3 Å². The van der Waals surface area contributed by atoms with Crippen molar-refractivity contribution in [2.24, 2.45) is 0 Å². The van der Waals surface area contributed by atoms with Crippen LogP contribution in [0.1, 0.15) is 17.5 Å². The van der Waals surface area contributed by atoms with E-state index in [2.05, 4.69) is 16.0 Å². The molecular weight excluding hydrogens is 242 g/mol. The molecule has 5 nitrogen and oxygen atoms in total. The third-order valence-corrected chi connectivity index (χ3v) is 2.43. The summed E-state index contributed by atoms with van der Waals surface area (Å²) in [4.78, 5) is 21.3. The van der Waals surface area contributed by atoms with Crippen LogP contribution in [-0.2, 0) is 4.79 Å². The summed E-state index contributed by atoms with van der Waals surface area (Å²) >= 11 is 0. The van der Waals surface area contributed by atoms with Crippen molar-refractivity contribution in [3.8, 4) is 0 Å². The summed E-state index contributed by atoms with van der Waals surface area (Å²) in [5.74, 6) is 0. The molecule has 0 atom stereocenters. The summed E-state index contributed by atoms with van der Waals surface area (Å²) in [6, 6.07) is 7.74. The molecular formula is C14H19N3O2.